The molecule has 34 heavy (non-hydrogen) atoms. The Balaban J connectivity index is 1.63. The average molecular weight is 493 g/mol. The maximum atomic E-state index is 13.8. The van der Waals surface area contributed by atoms with Gasteiger partial charge in [-0.25, -0.2) is 0 Å². The quantitative estimate of drug-likeness (QED) is 0.291. The Kier molecular flexibility index (Phi) is 7.06. The van der Waals surface area contributed by atoms with E-state index < -0.39 is 0 Å². The number of aromatic amines is 1. The summed E-state index contributed by atoms with van der Waals surface area (Å²) in [5.74, 6) is 0.00686. The molecule has 0 aliphatic heterocycles. The fourth-order valence-electron chi connectivity index (χ4n) is 4.19. The molecule has 0 saturated heterocycles. The van der Waals surface area contributed by atoms with E-state index in [9.17, 15) is 4.79 Å². The predicted molar refractivity (Wildman–Crippen MR) is 143 cm³/mol. The van der Waals surface area contributed by atoms with Gasteiger partial charge in [0, 0.05) is 24.2 Å². The Morgan fingerprint density at radius 1 is 0.912 bits per heavy atom. The van der Waals surface area contributed by atoms with Gasteiger partial charge in [-0.15, -0.1) is 0 Å². The van der Waals surface area contributed by atoms with Crippen molar-refractivity contribution in [2.45, 2.75) is 46.1 Å². The van der Waals surface area contributed by atoms with Crippen LogP contribution in [0.1, 0.15) is 53.5 Å². The minimum Gasteiger partial charge on any atom is -0.358 e. The molecule has 0 saturated carbocycles. The average Bonchev–Trinajstić information content (AvgIpc) is 3.18. The van der Waals surface area contributed by atoms with Crippen LogP contribution >= 0.6 is 23.2 Å². The van der Waals surface area contributed by atoms with Crippen molar-refractivity contribution in [1.82, 2.24) is 9.88 Å². The van der Waals surface area contributed by atoms with Gasteiger partial charge in [0.1, 0.15) is 0 Å². The summed E-state index contributed by atoms with van der Waals surface area (Å²) in [6.45, 7) is 9.71. The summed E-state index contributed by atoms with van der Waals surface area (Å²) >= 11 is 12.3. The molecule has 1 N–H and O–H groups in total. The number of nitrogens with one attached hydrogen (secondary N) is 1. The first-order valence-corrected chi connectivity index (χ1v) is 12.3. The van der Waals surface area contributed by atoms with E-state index in [1.54, 1.807) is 6.07 Å². The van der Waals surface area contributed by atoms with Crippen LogP contribution in [0.2, 0.25) is 10.0 Å². The van der Waals surface area contributed by atoms with Crippen LogP contribution in [0, 0.1) is 6.92 Å². The Labute approximate surface area is 211 Å². The van der Waals surface area contributed by atoms with Crippen LogP contribution < -0.4 is 0 Å². The van der Waals surface area contributed by atoms with Crippen molar-refractivity contribution in [2.24, 2.45) is 0 Å². The minimum atomic E-state index is 0.00686. The molecule has 0 spiro atoms. The number of hydrogen-bond acceptors (Lipinski definition) is 1. The van der Waals surface area contributed by atoms with Gasteiger partial charge in [-0.05, 0) is 59.7 Å². The molecule has 4 aromatic rings. The Bertz CT molecular complexity index is 1320. The molecule has 0 radical (unpaired) electrons. The SMILES string of the molecule is Cc1cc2cccc(C(=O)N(CCc3ccc(Cl)c(Cl)c3)Cc3ccc(C(C)(C)C)cc3)c2[nH]1. The number of amides is 1. The molecule has 0 unspecified atom stereocenters. The highest BCUT2D eigenvalue weighted by molar-refractivity contribution is 6.42. The maximum Gasteiger partial charge on any atom is 0.256 e. The van der Waals surface area contributed by atoms with E-state index in [0.717, 1.165) is 27.7 Å². The summed E-state index contributed by atoms with van der Waals surface area (Å²) < 4.78 is 0. The molecule has 3 nitrogen and oxygen atoms in total. The van der Waals surface area contributed by atoms with Gasteiger partial charge in [0.2, 0.25) is 0 Å². The number of halogens is 2. The summed E-state index contributed by atoms with van der Waals surface area (Å²) in [5, 5.41) is 2.11. The molecule has 0 atom stereocenters. The fraction of sp³-hybridized carbons (Fsp3) is 0.276. The zero-order valence-corrected chi connectivity index (χ0v) is 21.6. The first kappa shape index (κ1) is 24.4. The molecule has 0 bridgehead atoms. The van der Waals surface area contributed by atoms with Gasteiger partial charge in [-0.2, -0.15) is 0 Å². The van der Waals surface area contributed by atoms with Crippen molar-refractivity contribution in [3.8, 4) is 0 Å². The van der Waals surface area contributed by atoms with E-state index in [1.807, 2.05) is 42.2 Å². The first-order chi connectivity index (χ1) is 16.1. The first-order valence-electron chi connectivity index (χ1n) is 11.5. The number of aromatic nitrogens is 1. The largest absolute Gasteiger partial charge is 0.358 e. The number of benzene rings is 3. The van der Waals surface area contributed by atoms with E-state index in [2.05, 4.69) is 56.1 Å². The Hall–Kier alpha value is -2.75. The minimum absolute atomic E-state index is 0.00686. The number of para-hydroxylation sites is 1. The second-order valence-corrected chi connectivity index (χ2v) is 10.7. The van der Waals surface area contributed by atoms with Crippen LogP contribution in [0.25, 0.3) is 10.9 Å². The molecule has 0 aliphatic carbocycles. The van der Waals surface area contributed by atoms with Crippen molar-refractivity contribution >= 4 is 40.0 Å². The molecule has 1 amide bonds. The van der Waals surface area contributed by atoms with Crippen molar-refractivity contribution in [1.29, 1.82) is 0 Å². The number of rotatable bonds is 6. The maximum absolute atomic E-state index is 13.8. The molecule has 1 aromatic heterocycles. The summed E-state index contributed by atoms with van der Waals surface area (Å²) in [4.78, 5) is 19.1. The third-order valence-corrected chi connectivity index (χ3v) is 6.90. The van der Waals surface area contributed by atoms with Crippen LogP contribution in [0.4, 0.5) is 0 Å². The molecule has 176 valence electrons. The smallest absolute Gasteiger partial charge is 0.256 e. The summed E-state index contributed by atoms with van der Waals surface area (Å²) in [6, 6.07) is 22.1. The van der Waals surface area contributed by atoms with E-state index in [4.69, 9.17) is 23.2 Å². The van der Waals surface area contributed by atoms with Crippen molar-refractivity contribution < 1.29 is 4.79 Å². The number of hydrogen-bond donors (Lipinski definition) is 1. The highest BCUT2D eigenvalue weighted by Gasteiger charge is 2.20. The Morgan fingerprint density at radius 3 is 2.29 bits per heavy atom. The van der Waals surface area contributed by atoms with Gasteiger partial charge < -0.3 is 9.88 Å². The highest BCUT2D eigenvalue weighted by atomic mass is 35.5. The van der Waals surface area contributed by atoms with Gasteiger partial charge in [0.15, 0.2) is 0 Å². The molecule has 1 heterocycles. The molecular formula is C29H30Cl2N2O. The standard InChI is InChI=1S/C29H30Cl2N2O/c1-19-16-22-6-5-7-24(27(22)32-19)28(34)33(15-14-20-10-13-25(30)26(31)17-20)18-21-8-11-23(12-9-21)29(2,3)4/h5-13,16-17,32H,14-15,18H2,1-4H3. The molecule has 5 heteroatoms. The van der Waals surface area contributed by atoms with Crippen molar-refractivity contribution in [3.05, 3.63) is 105 Å². The number of H-pyrrole nitrogens is 1. The third-order valence-electron chi connectivity index (χ3n) is 6.16. The van der Waals surface area contributed by atoms with E-state index in [1.165, 1.54) is 5.56 Å². The molecular weight excluding hydrogens is 463 g/mol. The van der Waals surface area contributed by atoms with Gasteiger partial charge in [0.25, 0.3) is 5.91 Å². The van der Waals surface area contributed by atoms with Crippen LogP contribution in [-0.4, -0.2) is 22.3 Å². The molecule has 3 aromatic carbocycles. The lowest BCUT2D eigenvalue weighted by atomic mass is 9.87. The van der Waals surface area contributed by atoms with Gasteiger partial charge in [0.05, 0.1) is 21.1 Å². The summed E-state index contributed by atoms with van der Waals surface area (Å²) in [6.07, 6.45) is 0.683. The topological polar surface area (TPSA) is 36.1 Å². The second-order valence-electron chi connectivity index (χ2n) is 9.89. The highest BCUT2D eigenvalue weighted by Crippen LogP contribution is 2.26. The molecule has 0 fully saturated rings. The predicted octanol–water partition coefficient (Wildman–Crippen LogP) is 7.97. The van der Waals surface area contributed by atoms with Crippen LogP contribution in [0.15, 0.2) is 66.7 Å². The molecule has 0 aliphatic rings. The summed E-state index contributed by atoms with van der Waals surface area (Å²) in [5.41, 5.74) is 6.11. The zero-order chi connectivity index (χ0) is 24.5. The van der Waals surface area contributed by atoms with Gasteiger partial charge in [-0.3, -0.25) is 4.79 Å². The number of carbonyl (C=O) groups is 1. The normalized spacial score (nSPS) is 11.7. The number of carbonyl (C=O) groups excluding carboxylic acids is 1. The number of nitrogens with zero attached hydrogens (tertiary/aromatic N) is 1. The fourth-order valence-corrected chi connectivity index (χ4v) is 4.51. The molecule has 4 rings (SSSR count). The van der Waals surface area contributed by atoms with Crippen molar-refractivity contribution in [3.63, 3.8) is 0 Å². The lowest BCUT2D eigenvalue weighted by Crippen LogP contribution is -2.32. The van der Waals surface area contributed by atoms with E-state index in [0.29, 0.717) is 35.1 Å². The lowest BCUT2D eigenvalue weighted by Gasteiger charge is -2.24. The van der Waals surface area contributed by atoms with Gasteiger partial charge >= 0.3 is 0 Å². The zero-order valence-electron chi connectivity index (χ0n) is 20.1. The lowest BCUT2D eigenvalue weighted by molar-refractivity contribution is 0.0747. The van der Waals surface area contributed by atoms with Crippen molar-refractivity contribution in [2.75, 3.05) is 6.54 Å². The van der Waals surface area contributed by atoms with Gasteiger partial charge in [-0.1, -0.05) is 86.4 Å². The van der Waals surface area contributed by atoms with Crippen LogP contribution in [0.5, 0.6) is 0 Å². The van der Waals surface area contributed by atoms with E-state index >= 15 is 0 Å². The summed E-state index contributed by atoms with van der Waals surface area (Å²) in [7, 11) is 0. The number of aryl methyl sites for hydroxylation is 1. The number of fused-ring (bicyclic) bond motifs is 1. The van der Waals surface area contributed by atoms with E-state index in [-0.39, 0.29) is 11.3 Å². The third kappa shape index (κ3) is 5.48. The Morgan fingerprint density at radius 2 is 1.62 bits per heavy atom. The second kappa shape index (κ2) is 9.85. The van der Waals surface area contributed by atoms with Crippen LogP contribution in [0.3, 0.4) is 0 Å². The monoisotopic (exact) mass is 492 g/mol. The van der Waals surface area contributed by atoms with Crippen LogP contribution in [-0.2, 0) is 18.4 Å².